The molecule has 30 atom stereocenters. The van der Waals surface area contributed by atoms with Crippen molar-refractivity contribution >= 4 is 56.8 Å². The van der Waals surface area contributed by atoms with Gasteiger partial charge >= 0.3 is 39.1 Å². The molecular formula is C90H182N3O46P5+2. The van der Waals surface area contributed by atoms with E-state index < -0.39 is 244 Å². The SMILES string of the molecule is CC(=O)NC1C(OCCOC(C)(C)C)OC(COCCO[P+](=O)O)C(O)C1O.CC(=O)NC1C(OCCOC(C)(C)C)OC(COP(=O)(O)C(C)(C)C)C(O)C1O.CC(=O)NC1C(OCCOC(C)(C)C)OC(COP(=O)(O)C(C)(C)C)C(O)C1O.CC(C)(C)OCCOC1OC(COCCOP(=O)(O)C(C)(C)C)C(O)C(O)C1O.CC(C)(C)OCCOC1OC(CO[P+](=O)C(C)(C)C)C(O)C(O)C1O.CC(C)C. The highest BCUT2D eigenvalue weighted by atomic mass is 31.2. The van der Waals surface area contributed by atoms with E-state index in [-0.39, 0.29) is 140 Å². The van der Waals surface area contributed by atoms with E-state index in [0.29, 0.717) is 0 Å². The number of carbonyl (C=O) groups is 3. The van der Waals surface area contributed by atoms with Crippen molar-refractivity contribution in [2.75, 3.05) is 126 Å². The summed E-state index contributed by atoms with van der Waals surface area (Å²) in [6.07, 6.45) is -27.6. The summed E-state index contributed by atoms with van der Waals surface area (Å²) in [5.41, 5.74) is -1.74. The number of carbonyl (C=O) groups excluding carboxylic acids is 3. The molecule has 0 aliphatic carbocycles. The lowest BCUT2D eigenvalue weighted by molar-refractivity contribution is -0.305. The summed E-state index contributed by atoms with van der Waals surface area (Å²) in [5, 5.41) is 126. The smallest absolute Gasteiger partial charge is 0.388 e. The Labute approximate surface area is 852 Å². The van der Waals surface area contributed by atoms with E-state index in [1.807, 2.05) is 104 Å². The van der Waals surface area contributed by atoms with Gasteiger partial charge in [0.25, 0.3) is 0 Å². The van der Waals surface area contributed by atoms with Gasteiger partial charge in [-0.25, -0.2) is 0 Å². The topological polar surface area (TPSA) is 699 Å². The molecule has 54 heteroatoms. The molecule has 5 aliphatic rings. The Balaban J connectivity index is 0.00000176. The van der Waals surface area contributed by atoms with Crippen molar-refractivity contribution in [1.29, 1.82) is 0 Å². The maximum atomic E-state index is 12.3. The standard InChI is InChI=1S/2C18H36NO9P.C18H37O10P.C16H30NO10P.C16H32O8P.C4H10/c2*1-11(20)19-13-15(22)14(21)12(10-27-29(23,24)18(5,6)7)28-16(13)25-8-9-26-17(2,3)4;1-17(2,3)26-9-8-25-16-15(21)14(20)13(19)12(28-16)11-24-7-10-27-29(22,23)18(4,5)6;1-10(18)17-12-14(20)13(19)11(9-23-5-8-26-28(21)22)27-15(12)24-6-7-25-16(2,3)4;1-15(2,3)22-8-7-21-14-13(19)12(18)11(17)10(24-14)9-23-25(20)16(4,5)6;1-4(2)3/h2*12-16,21-22H,8-10H2,1-7H3,(H,19,20)(H,23,24);12-16,19-21H,7-11H2,1-6H3,(H,22,23);11-15,19-20H,5-9H2,1-4H3,(H-,17,18,21,22);10-14,17-19H,7-9H2,1-6H3;4H,1-3H3/q;;;;+1;/p+1. The molecule has 0 radical (unpaired) electrons. The molecule has 144 heavy (non-hydrogen) atoms. The molecule has 3 amide bonds. The summed E-state index contributed by atoms with van der Waals surface area (Å²) in [7, 11) is -16.5. The number of nitrogens with one attached hydrogen (secondary N) is 3. The first kappa shape index (κ1) is 142. The monoisotopic (exact) mass is 2200 g/mol. The Morgan fingerprint density at radius 2 is 0.521 bits per heavy atom. The highest BCUT2D eigenvalue weighted by Gasteiger charge is 2.53. The molecule has 5 saturated heterocycles. The van der Waals surface area contributed by atoms with Gasteiger partial charge in [0.05, 0.1) is 156 Å². The van der Waals surface area contributed by atoms with Gasteiger partial charge in [-0.2, -0.15) is 0 Å². The molecular weight excluding hydrogens is 2010 g/mol. The molecule has 0 aromatic rings. The van der Waals surface area contributed by atoms with Crippen LogP contribution in [0.25, 0.3) is 0 Å². The van der Waals surface area contributed by atoms with Crippen molar-refractivity contribution in [3.63, 3.8) is 0 Å². The highest BCUT2D eigenvalue weighted by molar-refractivity contribution is 7.55. The van der Waals surface area contributed by atoms with Crippen molar-refractivity contribution in [1.82, 2.24) is 16.0 Å². The molecule has 5 rings (SSSR count). The number of aliphatic hydroxyl groups excluding tert-OH is 12. The van der Waals surface area contributed by atoms with Gasteiger partial charge in [-0.05, 0) is 197 Å². The number of amides is 3. The van der Waals surface area contributed by atoms with Crippen LogP contribution < -0.4 is 16.0 Å². The third-order valence-corrected chi connectivity index (χ3v) is 28.3. The average molecular weight is 2200 g/mol. The normalized spacial score (nSPS) is 29.9. The maximum Gasteiger partial charge on any atom is 0.694 e. The van der Waals surface area contributed by atoms with Crippen molar-refractivity contribution in [3.8, 4) is 0 Å². The highest BCUT2D eigenvalue weighted by Crippen LogP contribution is 2.57. The second-order valence-corrected chi connectivity index (χ2v) is 54.9. The molecule has 5 fully saturated rings. The molecule has 0 spiro atoms. The van der Waals surface area contributed by atoms with E-state index in [0.717, 1.165) is 5.92 Å². The van der Waals surface area contributed by atoms with E-state index in [2.05, 4.69) is 41.2 Å². The average Bonchev–Trinajstić information content (AvgIpc) is 0.810. The lowest BCUT2D eigenvalue weighted by Crippen LogP contribution is -2.64. The number of hydrogen-bond donors (Lipinski definition) is 19. The quantitative estimate of drug-likeness (QED) is 0.0295. The number of hydrogen-bond acceptors (Lipinski definition) is 42. The molecule has 30 unspecified atom stereocenters. The van der Waals surface area contributed by atoms with Gasteiger partial charge in [0.1, 0.15) is 135 Å². The van der Waals surface area contributed by atoms with Crippen LogP contribution in [0.4, 0.5) is 0 Å². The van der Waals surface area contributed by atoms with Gasteiger partial charge in [0, 0.05) is 25.3 Å². The van der Waals surface area contributed by atoms with Crippen molar-refractivity contribution in [2.45, 2.75) is 430 Å². The Bertz CT molecular complexity index is 3670. The fourth-order valence-electron chi connectivity index (χ4n) is 11.8. The van der Waals surface area contributed by atoms with Crippen molar-refractivity contribution in [3.05, 3.63) is 0 Å². The van der Waals surface area contributed by atoms with Gasteiger partial charge in [0.2, 0.25) is 17.7 Å². The fourth-order valence-corrected chi connectivity index (χ4v) is 14.9. The zero-order chi connectivity index (χ0) is 112. The maximum absolute atomic E-state index is 12.3. The molecule has 0 bridgehead atoms. The summed E-state index contributed by atoms with van der Waals surface area (Å²) in [6.45, 7) is 58.5. The summed E-state index contributed by atoms with van der Waals surface area (Å²) < 4.78 is 178. The van der Waals surface area contributed by atoms with E-state index >= 15 is 0 Å². The Morgan fingerprint density at radius 3 is 0.757 bits per heavy atom. The van der Waals surface area contributed by atoms with Crippen LogP contribution in [0, 0.1) is 5.92 Å². The lowest BCUT2D eigenvalue weighted by Gasteiger charge is -2.43. The van der Waals surface area contributed by atoms with Gasteiger partial charge in [-0.3, -0.25) is 28.1 Å². The van der Waals surface area contributed by atoms with Crippen molar-refractivity contribution < 1.29 is 221 Å². The Kier molecular flexibility index (Phi) is 63.3. The second-order valence-electron chi connectivity index (χ2n) is 44.1. The summed E-state index contributed by atoms with van der Waals surface area (Å²) in [5.74, 6) is -0.456. The van der Waals surface area contributed by atoms with Crippen LogP contribution in [-0.2, 0) is 140 Å². The summed E-state index contributed by atoms with van der Waals surface area (Å²) in [4.78, 5) is 72.9. The Hall–Kier alpha value is -2.22. The molecule has 19 N–H and O–H groups in total. The number of rotatable bonds is 44. The van der Waals surface area contributed by atoms with Crippen LogP contribution >= 0.6 is 39.1 Å². The zero-order valence-electron chi connectivity index (χ0n) is 90.6. The number of ether oxygens (including phenoxy) is 17. The first-order valence-electron chi connectivity index (χ1n) is 47.8. The predicted molar refractivity (Wildman–Crippen MR) is 524 cm³/mol. The minimum atomic E-state index is -3.99. The predicted octanol–water partition coefficient (Wildman–Crippen LogP) is 4.48. The fraction of sp³-hybridized carbons (Fsp3) is 0.967. The first-order valence-corrected chi connectivity index (χ1v) is 54.9. The van der Waals surface area contributed by atoms with Gasteiger partial charge in [0.15, 0.2) is 36.6 Å². The van der Waals surface area contributed by atoms with Crippen LogP contribution in [0.3, 0.4) is 0 Å². The first-order chi connectivity index (χ1) is 65.3. The van der Waals surface area contributed by atoms with Gasteiger partial charge < -0.3 is 186 Å². The second kappa shape index (κ2) is 64.3. The van der Waals surface area contributed by atoms with E-state index in [9.17, 15) is 113 Å². The van der Waals surface area contributed by atoms with E-state index in [1.165, 1.54) is 20.8 Å². The lowest BCUT2D eigenvalue weighted by atomic mass is 9.97. The van der Waals surface area contributed by atoms with E-state index in [4.69, 9.17) is 104 Å². The van der Waals surface area contributed by atoms with Gasteiger partial charge in [-0.1, -0.05) is 20.8 Å². The van der Waals surface area contributed by atoms with Crippen LogP contribution in [0.1, 0.15) is 228 Å². The van der Waals surface area contributed by atoms with E-state index in [1.54, 1.807) is 83.1 Å². The third kappa shape index (κ3) is 57.3. The van der Waals surface area contributed by atoms with Crippen LogP contribution in [0.2, 0.25) is 0 Å². The minimum Gasteiger partial charge on any atom is -0.388 e. The molecule has 0 aromatic carbocycles. The number of aliphatic hydroxyl groups is 12. The molecule has 49 nitrogen and oxygen atoms in total. The van der Waals surface area contributed by atoms with Crippen molar-refractivity contribution in [2.24, 2.45) is 5.92 Å². The molecule has 0 saturated carbocycles. The summed E-state index contributed by atoms with van der Waals surface area (Å²) >= 11 is 0. The molecule has 0 aromatic heterocycles. The molecule has 5 heterocycles. The van der Waals surface area contributed by atoms with Gasteiger partial charge in [-0.15, -0.1) is 13.9 Å². The molecule has 5 aliphatic heterocycles. The minimum absolute atomic E-state index is 0.00954. The zero-order valence-corrected chi connectivity index (χ0v) is 95.1. The van der Waals surface area contributed by atoms with Crippen LogP contribution in [0.15, 0.2) is 0 Å². The summed E-state index contributed by atoms with van der Waals surface area (Å²) in [6, 6.07) is -3.03. The Morgan fingerprint density at radius 1 is 0.299 bits per heavy atom. The largest absolute Gasteiger partial charge is 0.694 e. The van der Waals surface area contributed by atoms with Crippen LogP contribution in [0.5, 0.6) is 0 Å². The molecule has 856 valence electrons. The van der Waals surface area contributed by atoms with Crippen LogP contribution in [-0.4, -0.2) is 426 Å². The third-order valence-electron chi connectivity index (χ3n) is 19.8.